The van der Waals surface area contributed by atoms with Gasteiger partial charge in [0, 0.05) is 13.1 Å². The fourth-order valence-electron chi connectivity index (χ4n) is 3.39. The molecule has 2 aromatic rings. The maximum Gasteiger partial charge on any atom is 0.416 e. The van der Waals surface area contributed by atoms with Gasteiger partial charge < -0.3 is 10.1 Å². The van der Waals surface area contributed by atoms with Gasteiger partial charge in [-0.2, -0.15) is 13.8 Å². The van der Waals surface area contributed by atoms with E-state index in [0.29, 0.717) is 12.5 Å². The van der Waals surface area contributed by atoms with E-state index in [4.69, 9.17) is 16.3 Å². The number of ether oxygens (including phenoxy) is 1. The van der Waals surface area contributed by atoms with E-state index in [1.807, 2.05) is 0 Å². The van der Waals surface area contributed by atoms with Crippen molar-refractivity contribution < 1.29 is 22.7 Å². The van der Waals surface area contributed by atoms with E-state index in [-0.39, 0.29) is 35.4 Å². The molecule has 2 aliphatic rings. The number of alkyl halides is 2. The van der Waals surface area contributed by atoms with E-state index in [1.54, 1.807) is 6.92 Å². The molecule has 1 saturated carbocycles. The average molecular weight is 442 g/mol. The molecular weight excluding hydrogens is 423 g/mol. The van der Waals surface area contributed by atoms with Crippen LogP contribution in [0.3, 0.4) is 0 Å². The number of cyclic esters (lactones) is 1. The molecule has 1 aliphatic carbocycles. The van der Waals surface area contributed by atoms with Crippen LogP contribution in [0, 0.1) is 11.7 Å². The summed E-state index contributed by atoms with van der Waals surface area (Å²) in [5, 5.41) is 2.79. The summed E-state index contributed by atoms with van der Waals surface area (Å²) in [6.07, 6.45) is 3.51. The predicted molar refractivity (Wildman–Crippen MR) is 103 cm³/mol. The Morgan fingerprint density at radius 2 is 2.07 bits per heavy atom. The number of carbonyl (C=O) groups excluding carboxylic acids is 1. The molecule has 0 unspecified atom stereocenters. The van der Waals surface area contributed by atoms with Crippen molar-refractivity contribution in [2.75, 3.05) is 16.8 Å². The van der Waals surface area contributed by atoms with Crippen LogP contribution in [0.1, 0.15) is 44.0 Å². The fraction of sp³-hybridized carbons (Fsp3) is 0.474. The van der Waals surface area contributed by atoms with Gasteiger partial charge in [0.25, 0.3) is 5.92 Å². The summed E-state index contributed by atoms with van der Waals surface area (Å²) >= 11 is 5.95. The number of aromatic nitrogens is 3. The molecule has 1 amide bonds. The molecule has 1 saturated heterocycles. The zero-order chi connectivity index (χ0) is 21.6. The number of halogens is 4. The lowest BCUT2D eigenvalue weighted by Crippen LogP contribution is -2.36. The Bertz CT molecular complexity index is 983. The number of carbonyl (C=O) groups is 1. The molecule has 0 radical (unpaired) electrons. The zero-order valence-electron chi connectivity index (χ0n) is 16.2. The number of pyridine rings is 1. The predicted octanol–water partition coefficient (Wildman–Crippen LogP) is 4.68. The molecule has 30 heavy (non-hydrogen) atoms. The van der Waals surface area contributed by atoms with Gasteiger partial charge in [-0.25, -0.2) is 14.2 Å². The summed E-state index contributed by atoms with van der Waals surface area (Å²) in [6.45, 7) is 2.64. The second-order valence-corrected chi connectivity index (χ2v) is 7.98. The quantitative estimate of drug-likeness (QED) is 0.700. The standard InChI is InChI=1S/C19H19ClF3N5O2/c1-9(11-5-12(20)15(24-6-11)19(2,22)23)26-17-25-7-13(21)16(27-17)28-14(10-3-4-10)8-30-18(28)29/h5-7,9-10,14H,3-4,8H2,1-2H3,(H,25,26,27)/t9-,14+/m0/s1. The Morgan fingerprint density at radius 3 is 2.70 bits per heavy atom. The summed E-state index contributed by atoms with van der Waals surface area (Å²) in [5.41, 5.74) is -0.00184. The van der Waals surface area contributed by atoms with Gasteiger partial charge in [0.15, 0.2) is 11.6 Å². The number of anilines is 2. The molecular formula is C19H19ClF3N5O2. The molecule has 7 nitrogen and oxygen atoms in total. The number of nitrogens with one attached hydrogen (secondary N) is 1. The van der Waals surface area contributed by atoms with E-state index < -0.39 is 29.6 Å². The monoisotopic (exact) mass is 441 g/mol. The molecule has 3 heterocycles. The highest BCUT2D eigenvalue weighted by Crippen LogP contribution is 2.40. The Morgan fingerprint density at radius 1 is 1.33 bits per heavy atom. The summed E-state index contributed by atoms with van der Waals surface area (Å²) < 4.78 is 46.5. The molecule has 1 aliphatic heterocycles. The van der Waals surface area contributed by atoms with Crippen LogP contribution in [0.2, 0.25) is 5.02 Å². The summed E-state index contributed by atoms with van der Waals surface area (Å²) in [5.74, 6) is -3.73. The van der Waals surface area contributed by atoms with E-state index in [2.05, 4.69) is 20.3 Å². The largest absolute Gasteiger partial charge is 0.447 e. The molecule has 1 N–H and O–H groups in total. The maximum atomic E-state index is 14.4. The Labute approximate surface area is 175 Å². The van der Waals surface area contributed by atoms with Gasteiger partial charge in [0.1, 0.15) is 12.3 Å². The maximum absolute atomic E-state index is 14.4. The molecule has 2 aromatic heterocycles. The number of amides is 1. The van der Waals surface area contributed by atoms with Crippen LogP contribution in [0.15, 0.2) is 18.5 Å². The fourth-order valence-corrected chi connectivity index (χ4v) is 3.73. The topological polar surface area (TPSA) is 80.2 Å². The van der Waals surface area contributed by atoms with Crippen LogP contribution in [-0.4, -0.2) is 33.7 Å². The van der Waals surface area contributed by atoms with E-state index >= 15 is 0 Å². The summed E-state index contributed by atoms with van der Waals surface area (Å²) in [6, 6.07) is 0.653. The molecule has 0 bridgehead atoms. The third kappa shape index (κ3) is 4.00. The highest BCUT2D eigenvalue weighted by atomic mass is 35.5. The van der Waals surface area contributed by atoms with Crippen molar-refractivity contribution in [1.82, 2.24) is 15.0 Å². The van der Waals surface area contributed by atoms with Crippen LogP contribution >= 0.6 is 11.6 Å². The zero-order valence-corrected chi connectivity index (χ0v) is 17.0. The second-order valence-electron chi connectivity index (χ2n) is 7.57. The number of hydrogen-bond donors (Lipinski definition) is 1. The van der Waals surface area contributed by atoms with Crippen LogP contribution in [-0.2, 0) is 10.7 Å². The van der Waals surface area contributed by atoms with Crippen LogP contribution in [0.5, 0.6) is 0 Å². The summed E-state index contributed by atoms with van der Waals surface area (Å²) in [4.78, 5) is 25.2. The SMILES string of the molecule is C[C@H](Nc1ncc(F)c(N2C(=O)OC[C@@H]2C2CC2)n1)c1cnc(C(C)(F)F)c(Cl)c1. The number of nitrogens with zero attached hydrogens (tertiary/aromatic N) is 4. The first-order chi connectivity index (χ1) is 14.1. The van der Waals surface area contributed by atoms with Crippen LogP contribution in [0.4, 0.5) is 29.7 Å². The minimum Gasteiger partial charge on any atom is -0.447 e. The van der Waals surface area contributed by atoms with Gasteiger partial charge in [-0.1, -0.05) is 11.6 Å². The van der Waals surface area contributed by atoms with Crippen molar-refractivity contribution in [3.05, 3.63) is 40.6 Å². The third-order valence-electron chi connectivity index (χ3n) is 5.15. The van der Waals surface area contributed by atoms with Crippen molar-refractivity contribution in [2.45, 2.75) is 44.7 Å². The van der Waals surface area contributed by atoms with Crippen molar-refractivity contribution >= 4 is 29.5 Å². The second kappa shape index (κ2) is 7.57. The number of hydrogen-bond acceptors (Lipinski definition) is 6. The molecule has 0 spiro atoms. The van der Waals surface area contributed by atoms with Crippen molar-refractivity contribution in [2.24, 2.45) is 5.92 Å². The minimum absolute atomic E-state index is 0.0640. The smallest absolute Gasteiger partial charge is 0.416 e. The van der Waals surface area contributed by atoms with Crippen molar-refractivity contribution in [3.63, 3.8) is 0 Å². The number of rotatable bonds is 6. The van der Waals surface area contributed by atoms with Gasteiger partial charge >= 0.3 is 6.09 Å². The van der Waals surface area contributed by atoms with Crippen molar-refractivity contribution in [3.8, 4) is 0 Å². The van der Waals surface area contributed by atoms with Gasteiger partial charge in [-0.3, -0.25) is 9.88 Å². The molecule has 160 valence electrons. The lowest BCUT2D eigenvalue weighted by atomic mass is 10.1. The third-order valence-corrected chi connectivity index (χ3v) is 5.44. The van der Waals surface area contributed by atoms with Gasteiger partial charge in [0.05, 0.1) is 23.3 Å². The van der Waals surface area contributed by atoms with Crippen LogP contribution in [0.25, 0.3) is 0 Å². The first-order valence-corrected chi connectivity index (χ1v) is 9.81. The average Bonchev–Trinajstić information content (AvgIpc) is 3.44. The molecule has 11 heteroatoms. The molecule has 0 aromatic carbocycles. The first-order valence-electron chi connectivity index (χ1n) is 9.44. The van der Waals surface area contributed by atoms with E-state index in [0.717, 1.165) is 19.0 Å². The molecule has 4 rings (SSSR count). The van der Waals surface area contributed by atoms with Gasteiger partial charge in [-0.15, -0.1) is 0 Å². The van der Waals surface area contributed by atoms with Crippen LogP contribution < -0.4 is 10.2 Å². The Hall–Kier alpha value is -2.62. The minimum atomic E-state index is -3.16. The molecule has 2 fully saturated rings. The van der Waals surface area contributed by atoms with E-state index in [1.165, 1.54) is 17.2 Å². The highest BCUT2D eigenvalue weighted by Gasteiger charge is 2.45. The van der Waals surface area contributed by atoms with Crippen molar-refractivity contribution in [1.29, 1.82) is 0 Å². The summed E-state index contributed by atoms with van der Waals surface area (Å²) in [7, 11) is 0. The lowest BCUT2D eigenvalue weighted by Gasteiger charge is -2.22. The Balaban J connectivity index is 1.56. The molecule has 2 atom stereocenters. The first kappa shape index (κ1) is 20.6. The lowest BCUT2D eigenvalue weighted by molar-refractivity contribution is 0.0128. The normalized spacial score (nSPS) is 20.3. The van der Waals surface area contributed by atoms with E-state index in [9.17, 15) is 18.0 Å². The Kier molecular flexibility index (Phi) is 5.21. The highest BCUT2D eigenvalue weighted by molar-refractivity contribution is 6.31. The van der Waals surface area contributed by atoms with Gasteiger partial charge in [0.2, 0.25) is 5.95 Å². The van der Waals surface area contributed by atoms with Gasteiger partial charge in [-0.05, 0) is 37.3 Å².